The van der Waals surface area contributed by atoms with Gasteiger partial charge < -0.3 is 9.30 Å². The van der Waals surface area contributed by atoms with Gasteiger partial charge in [0, 0.05) is 36.7 Å². The van der Waals surface area contributed by atoms with Crippen molar-refractivity contribution in [2.45, 2.75) is 44.1 Å². The van der Waals surface area contributed by atoms with Crippen LogP contribution < -0.4 is 0 Å². The van der Waals surface area contributed by atoms with Crippen molar-refractivity contribution in [1.29, 1.82) is 0 Å². The van der Waals surface area contributed by atoms with Gasteiger partial charge in [0.15, 0.2) is 0 Å². The molecule has 1 aromatic heterocycles. The second-order valence-corrected chi connectivity index (χ2v) is 7.83. The molecule has 0 saturated carbocycles. The molecule has 4 rings (SSSR count). The fourth-order valence-electron chi connectivity index (χ4n) is 3.86. The summed E-state index contributed by atoms with van der Waals surface area (Å²) in [5.41, 5.74) is 2.41. The third-order valence-electron chi connectivity index (χ3n) is 4.97. The van der Waals surface area contributed by atoms with Crippen LogP contribution in [0.25, 0.3) is 11.0 Å². The van der Waals surface area contributed by atoms with E-state index in [0.29, 0.717) is 11.3 Å². The van der Waals surface area contributed by atoms with Gasteiger partial charge in [0.05, 0.1) is 24.2 Å². The van der Waals surface area contributed by atoms with Crippen molar-refractivity contribution in [3.05, 3.63) is 30.1 Å². The lowest BCUT2D eigenvalue weighted by molar-refractivity contribution is 0.0339. The van der Waals surface area contributed by atoms with Gasteiger partial charge in [-0.25, -0.2) is 4.98 Å². The summed E-state index contributed by atoms with van der Waals surface area (Å²) in [7, 11) is 0. The average Bonchev–Trinajstić information content (AvgIpc) is 2.93. The Morgan fingerprint density at radius 2 is 2.26 bits per heavy atom. The number of rotatable bonds is 4. The van der Waals surface area contributed by atoms with E-state index in [9.17, 15) is 0 Å². The third-order valence-corrected chi connectivity index (χ3v) is 6.27. The standard InChI is InChI=1S/C18H25N3OS/c1-2-8-21-15-6-4-3-5-14(15)19-18(21)12-20-9-11-23-17-13-22-10-7-16(17)20/h3-6,16-17H,2,7-13H2,1H3. The predicted octanol–water partition coefficient (Wildman–Crippen LogP) is 3.15. The summed E-state index contributed by atoms with van der Waals surface area (Å²) >= 11 is 2.09. The van der Waals surface area contributed by atoms with Crippen molar-refractivity contribution in [2.75, 3.05) is 25.5 Å². The molecule has 0 amide bonds. The number of para-hydroxylation sites is 2. The van der Waals surface area contributed by atoms with E-state index in [1.807, 2.05) is 0 Å². The Morgan fingerprint density at radius 1 is 1.35 bits per heavy atom. The smallest absolute Gasteiger partial charge is 0.124 e. The molecule has 2 unspecified atom stereocenters. The van der Waals surface area contributed by atoms with Crippen LogP contribution in [0.1, 0.15) is 25.6 Å². The average molecular weight is 331 g/mol. The number of imidazole rings is 1. The van der Waals surface area contributed by atoms with Crippen molar-refractivity contribution in [1.82, 2.24) is 14.5 Å². The quantitative estimate of drug-likeness (QED) is 0.861. The first-order chi connectivity index (χ1) is 11.4. The van der Waals surface area contributed by atoms with Crippen LogP contribution >= 0.6 is 11.8 Å². The highest BCUT2D eigenvalue weighted by molar-refractivity contribution is 8.00. The zero-order chi connectivity index (χ0) is 15.6. The summed E-state index contributed by atoms with van der Waals surface area (Å²) in [6.07, 6.45) is 2.30. The Bertz CT molecular complexity index is 669. The maximum atomic E-state index is 5.68. The maximum absolute atomic E-state index is 5.68. The highest BCUT2D eigenvalue weighted by Crippen LogP contribution is 2.31. The Balaban J connectivity index is 1.62. The summed E-state index contributed by atoms with van der Waals surface area (Å²) < 4.78 is 8.10. The molecule has 0 radical (unpaired) electrons. The first-order valence-electron chi connectivity index (χ1n) is 8.74. The van der Waals surface area contributed by atoms with Crippen LogP contribution in [0.2, 0.25) is 0 Å². The minimum absolute atomic E-state index is 0.640. The summed E-state index contributed by atoms with van der Waals surface area (Å²) in [5, 5.41) is 0.640. The lowest BCUT2D eigenvalue weighted by Gasteiger charge is -2.43. The van der Waals surface area contributed by atoms with Crippen LogP contribution in [0.15, 0.2) is 24.3 Å². The van der Waals surface area contributed by atoms with E-state index in [0.717, 1.165) is 44.7 Å². The number of nitrogens with zero attached hydrogens (tertiary/aromatic N) is 3. The fourth-order valence-corrected chi connectivity index (χ4v) is 5.23. The van der Waals surface area contributed by atoms with Gasteiger partial charge in [-0.15, -0.1) is 0 Å². The highest BCUT2D eigenvalue weighted by atomic mass is 32.2. The first kappa shape index (κ1) is 15.5. The van der Waals surface area contributed by atoms with Crippen LogP contribution in [-0.2, 0) is 17.8 Å². The number of aromatic nitrogens is 2. The van der Waals surface area contributed by atoms with Crippen LogP contribution in [-0.4, -0.2) is 51.3 Å². The van der Waals surface area contributed by atoms with Crippen LogP contribution in [0.4, 0.5) is 0 Å². The summed E-state index contributed by atoms with van der Waals surface area (Å²) in [4.78, 5) is 7.60. The molecule has 2 atom stereocenters. The van der Waals surface area contributed by atoms with Crippen LogP contribution in [0.5, 0.6) is 0 Å². The molecular formula is C18H25N3OS. The number of thioether (sulfide) groups is 1. The molecule has 2 aliphatic rings. The van der Waals surface area contributed by atoms with Gasteiger partial charge in [-0.3, -0.25) is 4.90 Å². The van der Waals surface area contributed by atoms with E-state index in [1.165, 1.54) is 23.6 Å². The molecule has 1 aromatic carbocycles. The molecule has 0 aliphatic carbocycles. The van der Waals surface area contributed by atoms with Crippen molar-refractivity contribution >= 4 is 22.8 Å². The molecule has 2 saturated heterocycles. The number of hydrogen-bond donors (Lipinski definition) is 0. The molecule has 5 heteroatoms. The minimum Gasteiger partial charge on any atom is -0.380 e. The zero-order valence-corrected chi connectivity index (χ0v) is 14.6. The normalized spacial score (nSPS) is 25.6. The molecule has 2 aromatic rings. The molecule has 2 aliphatic heterocycles. The number of fused-ring (bicyclic) bond motifs is 2. The van der Waals surface area contributed by atoms with Gasteiger partial charge in [0.2, 0.25) is 0 Å². The molecule has 124 valence electrons. The molecule has 0 bridgehead atoms. The molecule has 23 heavy (non-hydrogen) atoms. The van der Waals surface area contributed by atoms with E-state index in [4.69, 9.17) is 9.72 Å². The second-order valence-electron chi connectivity index (χ2n) is 6.48. The van der Waals surface area contributed by atoms with Crippen molar-refractivity contribution in [3.8, 4) is 0 Å². The highest BCUT2D eigenvalue weighted by Gasteiger charge is 2.35. The number of ether oxygens (including phenoxy) is 1. The van der Waals surface area contributed by atoms with Gasteiger partial charge in [-0.05, 0) is 25.0 Å². The molecule has 3 heterocycles. The zero-order valence-electron chi connectivity index (χ0n) is 13.8. The Hall–Kier alpha value is -1.04. The topological polar surface area (TPSA) is 30.3 Å². The van der Waals surface area contributed by atoms with Gasteiger partial charge >= 0.3 is 0 Å². The van der Waals surface area contributed by atoms with Gasteiger partial charge in [-0.2, -0.15) is 11.8 Å². The van der Waals surface area contributed by atoms with Gasteiger partial charge in [0.1, 0.15) is 5.82 Å². The number of aryl methyl sites for hydroxylation is 1. The van der Waals surface area contributed by atoms with E-state index in [1.54, 1.807) is 0 Å². The van der Waals surface area contributed by atoms with Gasteiger partial charge in [0.25, 0.3) is 0 Å². The van der Waals surface area contributed by atoms with Crippen molar-refractivity contribution in [3.63, 3.8) is 0 Å². The third kappa shape index (κ3) is 3.02. The lowest BCUT2D eigenvalue weighted by Crippen LogP contribution is -2.51. The summed E-state index contributed by atoms with van der Waals surface area (Å²) in [5.74, 6) is 2.43. The van der Waals surface area contributed by atoms with Crippen LogP contribution in [0.3, 0.4) is 0 Å². The first-order valence-corrected chi connectivity index (χ1v) is 9.79. The van der Waals surface area contributed by atoms with Gasteiger partial charge in [-0.1, -0.05) is 19.1 Å². The number of hydrogen-bond acceptors (Lipinski definition) is 4. The SMILES string of the molecule is CCCn1c(CN2CCSC3COCCC32)nc2ccccc21. The summed E-state index contributed by atoms with van der Waals surface area (Å²) in [6.45, 7) is 7.25. The molecular weight excluding hydrogens is 306 g/mol. The molecule has 0 spiro atoms. The van der Waals surface area contributed by atoms with Crippen molar-refractivity contribution < 1.29 is 4.74 Å². The fraction of sp³-hybridized carbons (Fsp3) is 0.611. The molecule has 0 N–H and O–H groups in total. The second kappa shape index (κ2) is 6.83. The molecule has 2 fully saturated rings. The molecule has 4 nitrogen and oxygen atoms in total. The monoisotopic (exact) mass is 331 g/mol. The Kier molecular flexibility index (Phi) is 4.60. The predicted molar refractivity (Wildman–Crippen MR) is 95.9 cm³/mol. The largest absolute Gasteiger partial charge is 0.380 e. The summed E-state index contributed by atoms with van der Waals surface area (Å²) in [6, 6.07) is 9.18. The lowest BCUT2D eigenvalue weighted by atomic mass is 10.1. The number of benzene rings is 1. The van der Waals surface area contributed by atoms with Crippen molar-refractivity contribution in [2.24, 2.45) is 0 Å². The Labute approximate surface area is 142 Å². The maximum Gasteiger partial charge on any atom is 0.124 e. The van der Waals surface area contributed by atoms with E-state index < -0.39 is 0 Å². The van der Waals surface area contributed by atoms with Crippen LogP contribution in [0, 0.1) is 0 Å². The minimum atomic E-state index is 0.640. The Morgan fingerprint density at radius 3 is 3.17 bits per heavy atom. The van der Waals surface area contributed by atoms with E-state index >= 15 is 0 Å². The van der Waals surface area contributed by atoms with E-state index in [-0.39, 0.29) is 0 Å². The van der Waals surface area contributed by atoms with E-state index in [2.05, 4.69) is 52.4 Å².